The van der Waals surface area contributed by atoms with Crippen molar-refractivity contribution in [3.63, 3.8) is 0 Å². The molecule has 0 saturated heterocycles. The van der Waals surface area contributed by atoms with Gasteiger partial charge in [0.15, 0.2) is 6.29 Å². The number of methoxy groups -OCH3 is 1. The van der Waals surface area contributed by atoms with Crippen molar-refractivity contribution >= 4 is 17.9 Å². The first-order valence-electron chi connectivity index (χ1n) is 5.55. The van der Waals surface area contributed by atoms with Crippen molar-refractivity contribution in [1.82, 2.24) is 0 Å². The average molecular weight is 261 g/mol. The Morgan fingerprint density at radius 1 is 1.17 bits per heavy atom. The highest BCUT2D eigenvalue weighted by atomic mass is 35.5. The smallest absolute Gasteiger partial charge is 0.150 e. The predicted molar refractivity (Wildman–Crippen MR) is 73.6 cm³/mol. The molecule has 0 saturated carbocycles. The summed E-state index contributed by atoms with van der Waals surface area (Å²) in [5, 5.41) is 0.557. The number of carbonyl (C=O) groups is 1. The molecule has 0 amide bonds. The van der Waals surface area contributed by atoms with E-state index in [1.54, 1.807) is 13.2 Å². The maximum atomic E-state index is 11.1. The molecule has 0 bridgehead atoms. The molecule has 0 spiro atoms. The standard InChI is InChI=1S/C15H13ClO2/c1-10-3-4-12(9-17)13(7-10)11-5-6-14(16)15(8-11)18-2/h3-9H,1-2H3. The monoisotopic (exact) mass is 260 g/mol. The summed E-state index contributed by atoms with van der Waals surface area (Å²) >= 11 is 5.99. The van der Waals surface area contributed by atoms with Gasteiger partial charge in [0.25, 0.3) is 0 Å². The molecular weight excluding hydrogens is 248 g/mol. The van der Waals surface area contributed by atoms with Crippen molar-refractivity contribution in [3.8, 4) is 16.9 Å². The van der Waals surface area contributed by atoms with Crippen LogP contribution < -0.4 is 4.74 Å². The van der Waals surface area contributed by atoms with E-state index >= 15 is 0 Å². The Labute approximate surface area is 111 Å². The molecule has 0 N–H and O–H groups in total. The molecule has 0 aromatic heterocycles. The van der Waals surface area contributed by atoms with Crippen molar-refractivity contribution in [1.29, 1.82) is 0 Å². The summed E-state index contributed by atoms with van der Waals surface area (Å²) in [5.41, 5.74) is 3.57. The van der Waals surface area contributed by atoms with Gasteiger partial charge in [0.2, 0.25) is 0 Å². The number of aryl methyl sites for hydroxylation is 1. The molecule has 92 valence electrons. The Bertz CT molecular complexity index is 591. The molecule has 0 aliphatic carbocycles. The first kappa shape index (κ1) is 12.7. The fourth-order valence-electron chi connectivity index (χ4n) is 1.85. The minimum atomic E-state index is 0.557. The molecule has 0 aliphatic heterocycles. The first-order valence-corrected chi connectivity index (χ1v) is 5.93. The molecule has 0 radical (unpaired) electrons. The van der Waals surface area contributed by atoms with E-state index < -0.39 is 0 Å². The third-order valence-corrected chi connectivity index (χ3v) is 3.11. The maximum Gasteiger partial charge on any atom is 0.150 e. The second-order valence-electron chi connectivity index (χ2n) is 4.06. The second-order valence-corrected chi connectivity index (χ2v) is 4.47. The summed E-state index contributed by atoms with van der Waals surface area (Å²) in [4.78, 5) is 11.1. The summed E-state index contributed by atoms with van der Waals surface area (Å²) in [6.07, 6.45) is 0.857. The highest BCUT2D eigenvalue weighted by molar-refractivity contribution is 6.32. The zero-order valence-corrected chi connectivity index (χ0v) is 11.0. The van der Waals surface area contributed by atoms with Crippen molar-refractivity contribution < 1.29 is 9.53 Å². The molecule has 0 atom stereocenters. The number of hydrogen-bond acceptors (Lipinski definition) is 2. The molecule has 0 aliphatic rings. The van der Waals surface area contributed by atoms with Gasteiger partial charge in [-0.1, -0.05) is 41.4 Å². The third kappa shape index (κ3) is 2.39. The number of ether oxygens (including phenoxy) is 1. The topological polar surface area (TPSA) is 26.3 Å². The van der Waals surface area contributed by atoms with Gasteiger partial charge in [-0.25, -0.2) is 0 Å². The van der Waals surface area contributed by atoms with Crippen LogP contribution in [0.5, 0.6) is 5.75 Å². The van der Waals surface area contributed by atoms with E-state index in [1.165, 1.54) is 0 Å². The lowest BCUT2D eigenvalue weighted by Gasteiger charge is -2.09. The average Bonchev–Trinajstić information content (AvgIpc) is 2.39. The Kier molecular flexibility index (Phi) is 3.68. The van der Waals surface area contributed by atoms with Gasteiger partial charge in [-0.05, 0) is 30.2 Å². The van der Waals surface area contributed by atoms with Crippen LogP contribution in [0.4, 0.5) is 0 Å². The van der Waals surface area contributed by atoms with Crippen LogP contribution in [-0.4, -0.2) is 13.4 Å². The molecule has 0 fully saturated rings. The minimum Gasteiger partial charge on any atom is -0.495 e. The summed E-state index contributed by atoms with van der Waals surface area (Å²) in [6.45, 7) is 1.99. The lowest BCUT2D eigenvalue weighted by atomic mass is 9.98. The van der Waals surface area contributed by atoms with E-state index in [9.17, 15) is 4.79 Å². The van der Waals surface area contributed by atoms with Crippen LogP contribution in [0.25, 0.3) is 11.1 Å². The normalized spacial score (nSPS) is 10.2. The zero-order valence-electron chi connectivity index (χ0n) is 10.2. The molecule has 2 nitrogen and oxygen atoms in total. The maximum absolute atomic E-state index is 11.1. The summed E-state index contributed by atoms with van der Waals surface area (Å²) in [5.74, 6) is 0.604. The van der Waals surface area contributed by atoms with Crippen molar-refractivity contribution in [2.24, 2.45) is 0 Å². The highest BCUT2D eigenvalue weighted by Gasteiger charge is 2.08. The quantitative estimate of drug-likeness (QED) is 0.776. The predicted octanol–water partition coefficient (Wildman–Crippen LogP) is 4.14. The van der Waals surface area contributed by atoms with E-state index in [-0.39, 0.29) is 0 Å². The van der Waals surface area contributed by atoms with Crippen LogP contribution in [-0.2, 0) is 0 Å². The molecule has 3 heteroatoms. The second kappa shape index (κ2) is 5.23. The fraction of sp³-hybridized carbons (Fsp3) is 0.133. The van der Waals surface area contributed by atoms with Crippen LogP contribution in [0, 0.1) is 6.92 Å². The van der Waals surface area contributed by atoms with Crippen LogP contribution in [0.2, 0.25) is 5.02 Å². The van der Waals surface area contributed by atoms with Gasteiger partial charge in [0, 0.05) is 5.56 Å². The van der Waals surface area contributed by atoms with Gasteiger partial charge in [0.05, 0.1) is 12.1 Å². The number of carbonyl (C=O) groups excluding carboxylic acids is 1. The first-order chi connectivity index (χ1) is 8.65. The van der Waals surface area contributed by atoms with Crippen LogP contribution >= 0.6 is 11.6 Å². The van der Waals surface area contributed by atoms with Gasteiger partial charge in [0.1, 0.15) is 5.75 Å². The molecule has 2 aromatic carbocycles. The zero-order chi connectivity index (χ0) is 13.1. The Hall–Kier alpha value is -1.80. The number of aldehydes is 1. The Morgan fingerprint density at radius 3 is 2.61 bits per heavy atom. The van der Waals surface area contributed by atoms with E-state index in [1.807, 2.05) is 37.3 Å². The molecule has 0 unspecified atom stereocenters. The van der Waals surface area contributed by atoms with Gasteiger partial charge in [-0.2, -0.15) is 0 Å². The number of rotatable bonds is 3. The molecule has 18 heavy (non-hydrogen) atoms. The van der Waals surface area contributed by atoms with Crippen LogP contribution in [0.15, 0.2) is 36.4 Å². The third-order valence-electron chi connectivity index (χ3n) is 2.80. The van der Waals surface area contributed by atoms with Gasteiger partial charge >= 0.3 is 0 Å². The van der Waals surface area contributed by atoms with Crippen LogP contribution in [0.1, 0.15) is 15.9 Å². The minimum absolute atomic E-state index is 0.557. The Morgan fingerprint density at radius 2 is 1.94 bits per heavy atom. The summed E-state index contributed by atoms with van der Waals surface area (Å²) in [7, 11) is 1.57. The van der Waals surface area contributed by atoms with E-state index in [2.05, 4.69) is 0 Å². The fourth-order valence-corrected chi connectivity index (χ4v) is 2.04. The van der Waals surface area contributed by atoms with E-state index in [0.29, 0.717) is 16.3 Å². The van der Waals surface area contributed by atoms with E-state index in [4.69, 9.17) is 16.3 Å². The van der Waals surface area contributed by atoms with Crippen LogP contribution in [0.3, 0.4) is 0 Å². The molecule has 2 rings (SSSR count). The van der Waals surface area contributed by atoms with Crippen molar-refractivity contribution in [2.75, 3.05) is 7.11 Å². The number of benzene rings is 2. The Balaban J connectivity index is 2.60. The highest BCUT2D eigenvalue weighted by Crippen LogP contribution is 2.32. The number of halogens is 1. The van der Waals surface area contributed by atoms with Crippen molar-refractivity contribution in [2.45, 2.75) is 6.92 Å². The molecule has 2 aromatic rings. The van der Waals surface area contributed by atoms with Crippen molar-refractivity contribution in [3.05, 3.63) is 52.5 Å². The molecule has 0 heterocycles. The van der Waals surface area contributed by atoms with Gasteiger partial charge < -0.3 is 4.74 Å². The summed E-state index contributed by atoms with van der Waals surface area (Å²) < 4.78 is 5.19. The SMILES string of the molecule is COc1cc(-c2cc(C)ccc2C=O)ccc1Cl. The number of hydrogen-bond donors (Lipinski definition) is 0. The lowest BCUT2D eigenvalue weighted by molar-refractivity contribution is 0.112. The van der Waals surface area contributed by atoms with Gasteiger partial charge in [-0.3, -0.25) is 4.79 Å². The van der Waals surface area contributed by atoms with Gasteiger partial charge in [-0.15, -0.1) is 0 Å². The lowest BCUT2D eigenvalue weighted by Crippen LogP contribution is -1.90. The summed E-state index contributed by atoms with van der Waals surface area (Å²) in [6, 6.07) is 11.2. The largest absolute Gasteiger partial charge is 0.495 e. The van der Waals surface area contributed by atoms with E-state index in [0.717, 1.165) is 23.0 Å². The molecular formula is C15H13ClO2.